The molecule has 3 aromatic rings. The van der Waals surface area contributed by atoms with Crippen molar-refractivity contribution in [1.29, 1.82) is 0 Å². The van der Waals surface area contributed by atoms with Crippen molar-refractivity contribution in [3.63, 3.8) is 0 Å². The Labute approximate surface area is 183 Å². The van der Waals surface area contributed by atoms with Gasteiger partial charge in [-0.1, -0.05) is 19.1 Å². The number of aromatic nitrogens is 3. The predicted octanol–water partition coefficient (Wildman–Crippen LogP) is 4.60. The Morgan fingerprint density at radius 2 is 1.97 bits per heavy atom. The topological polar surface area (TPSA) is 75.3 Å². The number of rotatable bonds is 7. The molecule has 2 aromatic heterocycles. The molecule has 1 aliphatic rings. The predicted molar refractivity (Wildman–Crippen MR) is 115 cm³/mol. The number of halogens is 3. The summed E-state index contributed by atoms with van der Waals surface area (Å²) in [4.78, 5) is 13.4. The molecule has 0 bridgehead atoms. The number of alkyl halides is 3. The minimum absolute atomic E-state index is 0.220. The molecule has 3 heterocycles. The SMILES string of the molecule is CCOc1nc(Nc2ccc([C@H](N3CCOCC3)C(F)(F)F)cc2CC)nc2[nH]ccc12. The highest BCUT2D eigenvalue weighted by molar-refractivity contribution is 5.82. The quantitative estimate of drug-likeness (QED) is 0.549. The first-order valence-corrected chi connectivity index (χ1v) is 10.7. The second-order valence-corrected chi connectivity index (χ2v) is 7.51. The van der Waals surface area contributed by atoms with Crippen molar-refractivity contribution in [3.8, 4) is 5.88 Å². The standard InChI is InChI=1S/C22H26F3N5O2/c1-3-14-13-15(18(22(23,24)25)30-9-11-31-12-10-30)5-6-17(14)27-21-28-19-16(7-8-26-19)20(29-21)32-4-2/h5-8,13,18H,3-4,9-12H2,1-2H3,(H2,26,27,28,29)/t18-/m0/s1. The van der Waals surface area contributed by atoms with E-state index in [9.17, 15) is 13.2 Å². The molecule has 0 unspecified atom stereocenters. The molecular formula is C22H26F3N5O2. The Kier molecular flexibility index (Phi) is 6.52. The summed E-state index contributed by atoms with van der Waals surface area (Å²) in [5, 5.41) is 3.92. The largest absolute Gasteiger partial charge is 0.477 e. The lowest BCUT2D eigenvalue weighted by atomic mass is 9.99. The first kappa shape index (κ1) is 22.3. The van der Waals surface area contributed by atoms with Crippen LogP contribution in [0.15, 0.2) is 30.5 Å². The highest BCUT2D eigenvalue weighted by atomic mass is 19.4. The van der Waals surface area contributed by atoms with E-state index in [0.29, 0.717) is 49.4 Å². The molecule has 32 heavy (non-hydrogen) atoms. The first-order valence-electron chi connectivity index (χ1n) is 10.7. The number of aromatic amines is 1. The van der Waals surface area contributed by atoms with Crippen molar-refractivity contribution in [1.82, 2.24) is 19.9 Å². The molecule has 2 N–H and O–H groups in total. The number of H-pyrrole nitrogens is 1. The molecular weight excluding hydrogens is 423 g/mol. The number of hydrogen-bond acceptors (Lipinski definition) is 6. The van der Waals surface area contributed by atoms with Crippen molar-refractivity contribution >= 4 is 22.7 Å². The van der Waals surface area contributed by atoms with Crippen LogP contribution in [0.25, 0.3) is 11.0 Å². The molecule has 0 spiro atoms. The van der Waals surface area contributed by atoms with Crippen molar-refractivity contribution in [2.75, 3.05) is 38.2 Å². The van der Waals surface area contributed by atoms with E-state index in [1.165, 1.54) is 11.0 Å². The molecule has 7 nitrogen and oxygen atoms in total. The molecule has 172 valence electrons. The highest BCUT2D eigenvalue weighted by Crippen LogP contribution is 2.39. The van der Waals surface area contributed by atoms with Crippen LogP contribution < -0.4 is 10.1 Å². The zero-order valence-electron chi connectivity index (χ0n) is 18.0. The minimum atomic E-state index is -4.38. The number of aryl methyl sites for hydroxylation is 1. The maximum atomic E-state index is 14.0. The van der Waals surface area contributed by atoms with Crippen LogP contribution in [-0.2, 0) is 11.2 Å². The Balaban J connectivity index is 1.66. The van der Waals surface area contributed by atoms with Crippen LogP contribution in [-0.4, -0.2) is 58.9 Å². The van der Waals surface area contributed by atoms with Gasteiger partial charge in [0.1, 0.15) is 11.7 Å². The normalized spacial score (nSPS) is 16.3. The van der Waals surface area contributed by atoms with Gasteiger partial charge in [-0.05, 0) is 36.6 Å². The zero-order chi connectivity index (χ0) is 22.7. The number of nitrogens with one attached hydrogen (secondary N) is 2. The van der Waals surface area contributed by atoms with Crippen molar-refractivity contribution < 1.29 is 22.6 Å². The first-order chi connectivity index (χ1) is 15.4. The molecule has 0 saturated carbocycles. The fraction of sp³-hybridized carbons (Fsp3) is 0.455. The third-order valence-electron chi connectivity index (χ3n) is 5.46. The third kappa shape index (κ3) is 4.66. The van der Waals surface area contributed by atoms with Gasteiger partial charge in [0, 0.05) is 25.0 Å². The van der Waals surface area contributed by atoms with Crippen LogP contribution in [0.5, 0.6) is 5.88 Å². The maximum Gasteiger partial charge on any atom is 0.408 e. The smallest absolute Gasteiger partial charge is 0.408 e. The summed E-state index contributed by atoms with van der Waals surface area (Å²) in [6.45, 7) is 5.31. The molecule has 1 fully saturated rings. The summed E-state index contributed by atoms with van der Waals surface area (Å²) in [5.74, 6) is 0.756. The second kappa shape index (κ2) is 9.33. The highest BCUT2D eigenvalue weighted by Gasteiger charge is 2.45. The molecule has 0 radical (unpaired) electrons. The van der Waals surface area contributed by atoms with Crippen molar-refractivity contribution in [2.45, 2.75) is 32.5 Å². The van der Waals surface area contributed by atoms with E-state index in [4.69, 9.17) is 9.47 Å². The van der Waals surface area contributed by atoms with E-state index < -0.39 is 12.2 Å². The van der Waals surface area contributed by atoms with E-state index in [-0.39, 0.29) is 18.7 Å². The van der Waals surface area contributed by atoms with Crippen LogP contribution >= 0.6 is 0 Å². The number of nitrogens with zero attached hydrogens (tertiary/aromatic N) is 3. The number of ether oxygens (including phenoxy) is 2. The molecule has 1 saturated heterocycles. The fourth-order valence-electron chi connectivity index (χ4n) is 3.98. The summed E-state index contributed by atoms with van der Waals surface area (Å²) >= 11 is 0. The number of morpholine rings is 1. The molecule has 1 aliphatic heterocycles. The van der Waals surface area contributed by atoms with Crippen LogP contribution in [0.2, 0.25) is 0 Å². The van der Waals surface area contributed by atoms with Crippen molar-refractivity contribution in [3.05, 3.63) is 41.6 Å². The van der Waals surface area contributed by atoms with Gasteiger partial charge in [0.15, 0.2) is 0 Å². The summed E-state index contributed by atoms with van der Waals surface area (Å²) in [6, 6.07) is 4.97. The third-order valence-corrected chi connectivity index (χ3v) is 5.46. The van der Waals surface area contributed by atoms with E-state index in [2.05, 4.69) is 20.3 Å². The van der Waals surface area contributed by atoms with E-state index >= 15 is 0 Å². The summed E-state index contributed by atoms with van der Waals surface area (Å²) < 4.78 is 52.8. The van der Waals surface area contributed by atoms with Gasteiger partial charge in [0.25, 0.3) is 0 Å². The Hall–Kier alpha value is -2.85. The van der Waals surface area contributed by atoms with Gasteiger partial charge < -0.3 is 19.8 Å². The summed E-state index contributed by atoms with van der Waals surface area (Å²) in [6.07, 6.45) is -2.08. The molecule has 1 aromatic carbocycles. The van der Waals surface area contributed by atoms with Gasteiger partial charge in [-0.15, -0.1) is 0 Å². The number of hydrogen-bond donors (Lipinski definition) is 2. The van der Waals surface area contributed by atoms with E-state index in [1.54, 1.807) is 18.3 Å². The monoisotopic (exact) mass is 449 g/mol. The van der Waals surface area contributed by atoms with Gasteiger partial charge in [-0.3, -0.25) is 4.90 Å². The lowest BCUT2D eigenvalue weighted by Gasteiger charge is -2.36. The van der Waals surface area contributed by atoms with Crippen LogP contribution in [0.4, 0.5) is 24.8 Å². The maximum absolute atomic E-state index is 14.0. The summed E-state index contributed by atoms with van der Waals surface area (Å²) in [5.41, 5.74) is 2.24. The lowest BCUT2D eigenvalue weighted by Crippen LogP contribution is -2.44. The molecule has 1 atom stereocenters. The van der Waals surface area contributed by atoms with E-state index in [1.807, 2.05) is 19.9 Å². The van der Waals surface area contributed by atoms with Crippen molar-refractivity contribution in [2.24, 2.45) is 0 Å². The Bertz CT molecular complexity index is 1060. The number of fused-ring (bicyclic) bond motifs is 1. The molecule has 0 aliphatic carbocycles. The average Bonchev–Trinajstić information content (AvgIpc) is 3.24. The lowest BCUT2D eigenvalue weighted by molar-refractivity contribution is -0.194. The second-order valence-electron chi connectivity index (χ2n) is 7.51. The molecule has 0 amide bonds. The zero-order valence-corrected chi connectivity index (χ0v) is 18.0. The van der Waals surface area contributed by atoms with Crippen LogP contribution in [0.3, 0.4) is 0 Å². The fourth-order valence-corrected chi connectivity index (χ4v) is 3.98. The van der Waals surface area contributed by atoms with Gasteiger partial charge in [-0.25, -0.2) is 0 Å². The van der Waals surface area contributed by atoms with Gasteiger partial charge >= 0.3 is 6.18 Å². The van der Waals surface area contributed by atoms with Gasteiger partial charge in [0.2, 0.25) is 11.8 Å². The Morgan fingerprint density at radius 3 is 2.66 bits per heavy atom. The van der Waals surface area contributed by atoms with Gasteiger partial charge in [-0.2, -0.15) is 23.1 Å². The van der Waals surface area contributed by atoms with E-state index in [0.717, 1.165) is 10.9 Å². The molecule has 4 rings (SSSR count). The summed E-state index contributed by atoms with van der Waals surface area (Å²) in [7, 11) is 0. The average molecular weight is 449 g/mol. The molecule has 10 heteroatoms. The number of benzene rings is 1. The van der Waals surface area contributed by atoms with Gasteiger partial charge in [0.05, 0.1) is 25.2 Å². The van der Waals surface area contributed by atoms with Crippen LogP contribution in [0, 0.1) is 0 Å². The number of anilines is 2. The van der Waals surface area contributed by atoms with Crippen LogP contribution in [0.1, 0.15) is 31.0 Å². The Morgan fingerprint density at radius 1 is 1.19 bits per heavy atom. The minimum Gasteiger partial charge on any atom is -0.477 e.